The van der Waals surface area contributed by atoms with Crippen molar-refractivity contribution in [1.82, 2.24) is 10.6 Å². The average Bonchev–Trinajstić information content (AvgIpc) is 3.22. The van der Waals surface area contributed by atoms with E-state index in [1.807, 2.05) is 0 Å². The zero-order valence-electron chi connectivity index (χ0n) is 33.0. The molecule has 2 amide bonds. The Kier molecular flexibility index (Phi) is 17.5. The van der Waals surface area contributed by atoms with Gasteiger partial charge in [-0.15, -0.1) is 0 Å². The van der Waals surface area contributed by atoms with Crippen molar-refractivity contribution in [1.29, 1.82) is 0 Å². The lowest BCUT2D eigenvalue weighted by molar-refractivity contribution is -0.399. The fourth-order valence-corrected chi connectivity index (χ4v) is 7.74. The van der Waals surface area contributed by atoms with Gasteiger partial charge in [0.2, 0.25) is 11.8 Å². The summed E-state index contributed by atoms with van der Waals surface area (Å²) in [7, 11) is 0. The summed E-state index contributed by atoms with van der Waals surface area (Å²) in [4.78, 5) is 24.9. The summed E-state index contributed by atoms with van der Waals surface area (Å²) in [5.74, 6) is -1.59. The van der Waals surface area contributed by atoms with Gasteiger partial charge in [-0.1, -0.05) is 0 Å². The maximum Gasteiger partial charge on any atom is 0.217 e. The van der Waals surface area contributed by atoms with Gasteiger partial charge in [0.15, 0.2) is 31.5 Å². The van der Waals surface area contributed by atoms with E-state index < -0.39 is 192 Å². The van der Waals surface area contributed by atoms with Gasteiger partial charge in [0.1, 0.15) is 116 Å². The Morgan fingerprint density at radius 1 is 0.426 bits per heavy atom. The maximum absolute atomic E-state index is 12.7. The van der Waals surface area contributed by atoms with E-state index in [9.17, 15) is 81.1 Å². The molecule has 0 aromatic heterocycles. The van der Waals surface area contributed by atoms with Gasteiger partial charge in [-0.25, -0.2) is 0 Å². The SMILES string of the molecule is CC(=O)N[C@H]1[C@H](O[C@H]2[C@@H](O)[C@@H](CO)O[C@@H](O[C@H]3[C@@H](O)[C@@H](CO)O[C@@H](O[C@@H]4[C@@H](O)[C@H](O)O[C@H](CO)[C@@H]4O)[C@@H]3NC(C)=O)[C@@H]2O[C@@H]2O[C@@H](C)[C@@H](O)[C@@H](O)[C@@H]2O)O[C@H](CO)[C@H](O)[C@@H]1O. The molecule has 0 aliphatic carbocycles. The molecule has 354 valence electrons. The van der Waals surface area contributed by atoms with Crippen LogP contribution in [0.2, 0.25) is 0 Å². The number of aliphatic hydroxyl groups is 14. The second kappa shape index (κ2) is 21.3. The van der Waals surface area contributed by atoms with E-state index in [0.717, 1.165) is 13.8 Å². The van der Waals surface area contributed by atoms with Gasteiger partial charge < -0.3 is 125 Å². The summed E-state index contributed by atoms with van der Waals surface area (Å²) in [6.45, 7) is -0.358. The highest BCUT2D eigenvalue weighted by molar-refractivity contribution is 5.73. The summed E-state index contributed by atoms with van der Waals surface area (Å²) < 4.78 is 52.2. The standard InChI is InChI=1S/C34H58N2O25/c1-8-17(43)23(49)24(50)33(53-8)61-29-28(60-31-15(35-9(2)41)22(48)18(44)11(4-37)55-31)21(47)14(7-40)57-34(29)58-26-16(36-10(3)42)32(56-13(6-39)19(26)45)59-27-20(46)12(5-38)54-30(52)25(27)51/h8,11-34,37-40,43-52H,4-7H2,1-3H3,(H,35,41)(H,36,42)/t8-,11+,12+,13+,14+,15+,16+,17+,18-,19-,20-,21-,22+,23+,24-,25+,26+,27-,28-,29+,30+,31-,32-,33-,34-/m0/s1. The van der Waals surface area contributed by atoms with Crippen LogP contribution in [0, 0.1) is 0 Å². The Hall–Kier alpha value is -1.98. The van der Waals surface area contributed by atoms with E-state index in [4.69, 9.17) is 42.6 Å². The minimum Gasteiger partial charge on any atom is -0.394 e. The van der Waals surface area contributed by atoms with Crippen molar-refractivity contribution in [2.24, 2.45) is 0 Å². The topological polar surface area (TPSA) is 424 Å². The van der Waals surface area contributed by atoms with Gasteiger partial charge >= 0.3 is 0 Å². The second-order valence-corrected chi connectivity index (χ2v) is 15.4. The highest BCUT2D eigenvalue weighted by Gasteiger charge is 2.58. The highest BCUT2D eigenvalue weighted by Crippen LogP contribution is 2.37. The van der Waals surface area contributed by atoms with Gasteiger partial charge in [0.25, 0.3) is 0 Å². The largest absolute Gasteiger partial charge is 0.394 e. The van der Waals surface area contributed by atoms with Crippen molar-refractivity contribution in [2.75, 3.05) is 26.4 Å². The number of nitrogens with one attached hydrogen (secondary N) is 2. The Morgan fingerprint density at radius 2 is 0.852 bits per heavy atom. The molecule has 0 aromatic carbocycles. The summed E-state index contributed by atoms with van der Waals surface area (Å²) in [6, 6.07) is -3.36. The van der Waals surface area contributed by atoms with Crippen LogP contribution < -0.4 is 10.6 Å². The van der Waals surface area contributed by atoms with Crippen molar-refractivity contribution in [3.63, 3.8) is 0 Å². The molecular weight excluding hydrogens is 836 g/mol. The molecular formula is C34H58N2O25. The molecule has 0 radical (unpaired) electrons. The molecule has 5 rings (SSSR count). The van der Waals surface area contributed by atoms with Crippen LogP contribution in [0.3, 0.4) is 0 Å². The fraction of sp³-hybridized carbons (Fsp3) is 0.941. The van der Waals surface area contributed by atoms with Gasteiger partial charge in [0.05, 0.1) is 32.5 Å². The number of ether oxygens (including phenoxy) is 9. The molecule has 0 bridgehead atoms. The van der Waals surface area contributed by atoms with Crippen LogP contribution in [0.4, 0.5) is 0 Å². The van der Waals surface area contributed by atoms with Gasteiger partial charge in [-0.05, 0) is 6.92 Å². The van der Waals surface area contributed by atoms with Crippen molar-refractivity contribution in [2.45, 2.75) is 174 Å². The first-order valence-electron chi connectivity index (χ1n) is 19.5. The van der Waals surface area contributed by atoms with Crippen LogP contribution in [-0.4, -0.2) is 263 Å². The lowest BCUT2D eigenvalue weighted by atomic mass is 9.93. The Labute approximate surface area is 346 Å². The number of aliphatic hydroxyl groups excluding tert-OH is 14. The first-order valence-corrected chi connectivity index (χ1v) is 19.5. The quantitative estimate of drug-likeness (QED) is 0.0770. The molecule has 0 spiro atoms. The molecule has 61 heavy (non-hydrogen) atoms. The van der Waals surface area contributed by atoms with Crippen molar-refractivity contribution in [3.05, 3.63) is 0 Å². The molecule has 16 N–H and O–H groups in total. The number of amides is 2. The van der Waals surface area contributed by atoms with E-state index in [0.29, 0.717) is 0 Å². The van der Waals surface area contributed by atoms with Gasteiger partial charge in [-0.3, -0.25) is 9.59 Å². The zero-order valence-corrected chi connectivity index (χ0v) is 33.0. The van der Waals surface area contributed by atoms with E-state index in [1.54, 1.807) is 0 Å². The van der Waals surface area contributed by atoms with E-state index in [2.05, 4.69) is 10.6 Å². The van der Waals surface area contributed by atoms with Crippen LogP contribution >= 0.6 is 0 Å². The number of carbonyl (C=O) groups is 2. The van der Waals surface area contributed by atoms with E-state index >= 15 is 0 Å². The van der Waals surface area contributed by atoms with Crippen molar-refractivity contribution in [3.8, 4) is 0 Å². The van der Waals surface area contributed by atoms with E-state index in [1.165, 1.54) is 6.92 Å². The zero-order chi connectivity index (χ0) is 45.2. The summed E-state index contributed by atoms with van der Waals surface area (Å²) in [5, 5.41) is 154. The molecule has 5 saturated heterocycles. The molecule has 25 atom stereocenters. The number of carbonyl (C=O) groups excluding carboxylic acids is 2. The second-order valence-electron chi connectivity index (χ2n) is 15.4. The normalized spacial score (nSPS) is 49.6. The first-order chi connectivity index (χ1) is 28.8. The molecule has 0 aromatic rings. The summed E-state index contributed by atoms with van der Waals surface area (Å²) >= 11 is 0. The Balaban J connectivity index is 1.57. The predicted octanol–water partition coefficient (Wildman–Crippen LogP) is -10.6. The lowest BCUT2D eigenvalue weighted by Gasteiger charge is -2.51. The summed E-state index contributed by atoms with van der Waals surface area (Å²) in [5.41, 5.74) is 0. The smallest absolute Gasteiger partial charge is 0.217 e. The molecule has 5 aliphatic heterocycles. The molecule has 27 nitrogen and oxygen atoms in total. The van der Waals surface area contributed by atoms with Crippen LogP contribution in [0.5, 0.6) is 0 Å². The fourth-order valence-electron chi connectivity index (χ4n) is 7.74. The van der Waals surface area contributed by atoms with Crippen LogP contribution in [0.1, 0.15) is 20.8 Å². The molecule has 27 heteroatoms. The molecule has 5 aliphatic rings. The predicted molar refractivity (Wildman–Crippen MR) is 188 cm³/mol. The third kappa shape index (κ3) is 10.8. The minimum atomic E-state index is -2.08. The monoisotopic (exact) mass is 894 g/mol. The van der Waals surface area contributed by atoms with Crippen LogP contribution in [-0.2, 0) is 52.2 Å². The lowest BCUT2D eigenvalue weighted by Crippen LogP contribution is -2.71. The van der Waals surface area contributed by atoms with Gasteiger partial charge in [-0.2, -0.15) is 0 Å². The Morgan fingerprint density at radius 3 is 1.41 bits per heavy atom. The third-order valence-electron chi connectivity index (χ3n) is 11.1. The minimum absolute atomic E-state index is 0.763. The van der Waals surface area contributed by atoms with E-state index in [-0.39, 0.29) is 0 Å². The number of hydrogen-bond acceptors (Lipinski definition) is 25. The van der Waals surface area contributed by atoms with Crippen molar-refractivity contribution >= 4 is 11.8 Å². The maximum atomic E-state index is 12.7. The first kappa shape index (κ1) is 50.0. The number of hydrogen-bond donors (Lipinski definition) is 16. The highest BCUT2D eigenvalue weighted by atomic mass is 16.8. The number of rotatable bonds is 14. The van der Waals surface area contributed by atoms with Gasteiger partial charge in [0, 0.05) is 13.8 Å². The molecule has 0 unspecified atom stereocenters. The summed E-state index contributed by atoms with van der Waals surface area (Å²) in [6.07, 6.45) is -42.2. The van der Waals surface area contributed by atoms with Crippen molar-refractivity contribution < 1.29 is 124 Å². The molecule has 5 heterocycles. The average molecular weight is 895 g/mol. The van der Waals surface area contributed by atoms with Crippen LogP contribution in [0.15, 0.2) is 0 Å². The molecule has 0 saturated carbocycles. The Bertz CT molecular complexity index is 1420. The molecule has 5 fully saturated rings. The van der Waals surface area contributed by atoms with Crippen LogP contribution in [0.25, 0.3) is 0 Å². The third-order valence-corrected chi connectivity index (χ3v) is 11.1.